The number of alkyl halides is 6. The predicted octanol–water partition coefficient (Wildman–Crippen LogP) is 6.92. The van der Waals surface area contributed by atoms with E-state index in [1.165, 1.54) is 4.90 Å². The summed E-state index contributed by atoms with van der Waals surface area (Å²) in [6.45, 7) is 6.52. The molecule has 1 aromatic heterocycles. The van der Waals surface area contributed by atoms with Crippen LogP contribution in [-0.4, -0.2) is 40.3 Å². The van der Waals surface area contributed by atoms with Crippen LogP contribution in [0.2, 0.25) is 0 Å². The van der Waals surface area contributed by atoms with Crippen LogP contribution in [0.3, 0.4) is 0 Å². The lowest BCUT2D eigenvalue weighted by Gasteiger charge is -2.33. The summed E-state index contributed by atoms with van der Waals surface area (Å²) < 4.78 is 82.8. The third-order valence-electron chi connectivity index (χ3n) is 6.87. The fourth-order valence-corrected chi connectivity index (χ4v) is 5.14. The summed E-state index contributed by atoms with van der Waals surface area (Å²) >= 11 is 0. The summed E-state index contributed by atoms with van der Waals surface area (Å²) in [5.74, 6) is 0.680. The number of nitrogens with zero attached hydrogens (tertiary/aromatic N) is 4. The number of hydrogen-bond donors (Lipinski definition) is 0. The summed E-state index contributed by atoms with van der Waals surface area (Å²) in [5.41, 5.74) is 2.76. The Bertz CT molecular complexity index is 1030. The maximum absolute atomic E-state index is 14.1. The molecule has 2 aromatic rings. The van der Waals surface area contributed by atoms with Crippen molar-refractivity contribution in [3.63, 3.8) is 0 Å². The molecule has 2 heterocycles. The van der Waals surface area contributed by atoms with Gasteiger partial charge in [0.1, 0.15) is 0 Å². The number of benzene rings is 1. The molecule has 0 atom stereocenters. The van der Waals surface area contributed by atoms with Crippen molar-refractivity contribution >= 4 is 11.6 Å². The van der Waals surface area contributed by atoms with Crippen molar-refractivity contribution in [1.29, 1.82) is 0 Å². The van der Waals surface area contributed by atoms with E-state index in [9.17, 15) is 26.3 Å². The average molecular weight is 503 g/mol. The number of halogens is 6. The molecule has 2 aliphatic rings. The molecule has 35 heavy (non-hydrogen) atoms. The number of imidazole rings is 1. The van der Waals surface area contributed by atoms with Gasteiger partial charge in [0.15, 0.2) is 5.69 Å². The predicted molar refractivity (Wildman–Crippen MR) is 123 cm³/mol. The molecule has 0 amide bonds. The zero-order valence-corrected chi connectivity index (χ0v) is 20.4. The van der Waals surface area contributed by atoms with Crippen LogP contribution in [0.5, 0.6) is 0 Å². The monoisotopic (exact) mass is 502 g/mol. The number of aryl methyl sites for hydroxylation is 3. The standard InChI is InChI=1S/C25H32F6N4/c1-16-13-17(2)21(18(3)14-16)35-10-4-9-34-20(22(25(29,30)31)32-23(34)35)15-33(11-7-19-5-6-19)12-8-24(26,27)28/h13-14,19H,4-12,15H2,1-3H3. The Balaban J connectivity index is 1.71. The fraction of sp³-hybridized carbons (Fsp3) is 0.640. The van der Waals surface area contributed by atoms with Gasteiger partial charge in [0.25, 0.3) is 0 Å². The minimum absolute atomic E-state index is 0.0439. The van der Waals surface area contributed by atoms with E-state index in [2.05, 4.69) is 4.98 Å². The maximum atomic E-state index is 14.1. The van der Waals surface area contributed by atoms with Crippen molar-refractivity contribution in [2.75, 3.05) is 24.5 Å². The van der Waals surface area contributed by atoms with Gasteiger partial charge in [0.2, 0.25) is 5.95 Å². The van der Waals surface area contributed by atoms with Gasteiger partial charge in [-0.15, -0.1) is 0 Å². The van der Waals surface area contributed by atoms with Crippen LogP contribution in [0.15, 0.2) is 12.1 Å². The summed E-state index contributed by atoms with van der Waals surface area (Å²) in [7, 11) is 0. The summed E-state index contributed by atoms with van der Waals surface area (Å²) in [6, 6.07) is 3.99. The van der Waals surface area contributed by atoms with Crippen LogP contribution in [0.25, 0.3) is 0 Å². The first kappa shape index (κ1) is 25.9. The van der Waals surface area contributed by atoms with Crippen molar-refractivity contribution in [2.24, 2.45) is 5.92 Å². The van der Waals surface area contributed by atoms with Crippen LogP contribution in [0, 0.1) is 26.7 Å². The zero-order valence-electron chi connectivity index (χ0n) is 20.4. The topological polar surface area (TPSA) is 24.3 Å². The number of aromatic nitrogens is 2. The van der Waals surface area contributed by atoms with E-state index >= 15 is 0 Å². The molecule has 0 spiro atoms. The molecule has 0 unspecified atom stereocenters. The summed E-state index contributed by atoms with van der Waals surface area (Å²) in [5, 5.41) is 0. The number of fused-ring (bicyclic) bond motifs is 1. The first-order valence-corrected chi connectivity index (χ1v) is 12.1. The van der Waals surface area contributed by atoms with Crippen LogP contribution < -0.4 is 4.90 Å². The second kappa shape index (κ2) is 9.67. The molecular weight excluding hydrogens is 470 g/mol. The Kier molecular flexibility index (Phi) is 7.14. The maximum Gasteiger partial charge on any atom is 0.435 e. The van der Waals surface area contributed by atoms with Crippen molar-refractivity contribution in [3.05, 3.63) is 40.2 Å². The fourth-order valence-electron chi connectivity index (χ4n) is 5.14. The molecule has 1 aromatic carbocycles. The average Bonchev–Trinajstić information content (AvgIpc) is 3.48. The Labute approximate surface area is 201 Å². The van der Waals surface area contributed by atoms with Gasteiger partial charge in [-0.25, -0.2) is 4.98 Å². The minimum atomic E-state index is -4.70. The molecule has 10 heteroatoms. The van der Waals surface area contributed by atoms with E-state index < -0.39 is 24.5 Å². The van der Waals surface area contributed by atoms with E-state index in [4.69, 9.17) is 0 Å². The highest BCUT2D eigenvalue weighted by Gasteiger charge is 2.41. The highest BCUT2D eigenvalue weighted by Crippen LogP contribution is 2.41. The molecule has 0 radical (unpaired) electrons. The van der Waals surface area contributed by atoms with Crippen LogP contribution in [0.1, 0.15) is 60.2 Å². The number of anilines is 2. The lowest BCUT2D eigenvalue weighted by atomic mass is 10.0. The van der Waals surface area contributed by atoms with Crippen molar-refractivity contribution in [3.8, 4) is 0 Å². The smallest absolute Gasteiger partial charge is 0.312 e. The zero-order chi connectivity index (χ0) is 25.5. The number of rotatable bonds is 8. The third-order valence-corrected chi connectivity index (χ3v) is 6.87. The molecule has 194 valence electrons. The quantitative estimate of drug-likeness (QED) is 0.366. The van der Waals surface area contributed by atoms with Crippen molar-refractivity contribution in [2.45, 2.75) is 78.3 Å². The van der Waals surface area contributed by atoms with E-state index in [1.54, 1.807) is 4.57 Å². The SMILES string of the molecule is Cc1cc(C)c(N2CCCn3c2nc(C(F)(F)F)c3CN(CCC2CC2)CCC(F)(F)F)c(C)c1. The van der Waals surface area contributed by atoms with Crippen molar-refractivity contribution < 1.29 is 26.3 Å². The molecular formula is C25H32F6N4. The highest BCUT2D eigenvalue weighted by molar-refractivity contribution is 5.68. The van der Waals surface area contributed by atoms with E-state index in [-0.39, 0.29) is 24.7 Å². The Morgan fingerprint density at radius 2 is 1.63 bits per heavy atom. The van der Waals surface area contributed by atoms with E-state index in [0.717, 1.165) is 35.2 Å². The number of hydrogen-bond acceptors (Lipinski definition) is 3. The Morgan fingerprint density at radius 1 is 0.971 bits per heavy atom. The van der Waals surface area contributed by atoms with Crippen LogP contribution >= 0.6 is 0 Å². The van der Waals surface area contributed by atoms with Gasteiger partial charge >= 0.3 is 12.4 Å². The second-order valence-electron chi connectivity index (χ2n) is 9.98. The van der Waals surface area contributed by atoms with Gasteiger partial charge in [-0.05, 0) is 57.2 Å². The van der Waals surface area contributed by atoms with Crippen LogP contribution in [0.4, 0.5) is 38.0 Å². The Morgan fingerprint density at radius 3 is 2.20 bits per heavy atom. The lowest BCUT2D eigenvalue weighted by Crippen LogP contribution is -2.33. The largest absolute Gasteiger partial charge is 0.435 e. The first-order valence-electron chi connectivity index (χ1n) is 12.1. The summed E-state index contributed by atoms with van der Waals surface area (Å²) in [6.07, 6.45) is -6.72. The van der Waals surface area contributed by atoms with Gasteiger partial charge in [-0.1, -0.05) is 30.5 Å². The molecule has 1 aliphatic heterocycles. The lowest BCUT2D eigenvalue weighted by molar-refractivity contribution is -0.143. The summed E-state index contributed by atoms with van der Waals surface area (Å²) in [4.78, 5) is 7.42. The normalized spacial score (nSPS) is 16.8. The molecule has 1 saturated carbocycles. The molecule has 0 N–H and O–H groups in total. The van der Waals surface area contributed by atoms with Gasteiger partial charge in [0.05, 0.1) is 12.1 Å². The minimum Gasteiger partial charge on any atom is -0.312 e. The third kappa shape index (κ3) is 6.13. The Hall–Kier alpha value is -2.23. The van der Waals surface area contributed by atoms with Gasteiger partial charge in [-0.3, -0.25) is 4.90 Å². The highest BCUT2D eigenvalue weighted by atomic mass is 19.4. The van der Waals surface area contributed by atoms with Crippen LogP contribution in [-0.2, 0) is 19.3 Å². The van der Waals surface area contributed by atoms with Gasteiger partial charge < -0.3 is 9.47 Å². The van der Waals surface area contributed by atoms with Gasteiger partial charge in [0, 0.05) is 31.9 Å². The molecule has 0 saturated heterocycles. The molecule has 0 bridgehead atoms. The molecule has 1 fully saturated rings. The molecule has 4 nitrogen and oxygen atoms in total. The molecule has 1 aliphatic carbocycles. The van der Waals surface area contributed by atoms with E-state index in [1.807, 2.05) is 37.8 Å². The molecule has 4 rings (SSSR count). The van der Waals surface area contributed by atoms with E-state index in [0.29, 0.717) is 38.4 Å². The van der Waals surface area contributed by atoms with Gasteiger partial charge in [-0.2, -0.15) is 26.3 Å². The first-order chi connectivity index (χ1) is 16.3. The van der Waals surface area contributed by atoms with Crippen molar-refractivity contribution in [1.82, 2.24) is 14.5 Å². The second-order valence-corrected chi connectivity index (χ2v) is 9.98.